The quantitative estimate of drug-likeness (QED) is 0.146. The van der Waals surface area contributed by atoms with Crippen molar-refractivity contribution < 1.29 is 9.72 Å². The topological polar surface area (TPSA) is 128 Å². The number of nitrogens with one attached hydrogen (secondary N) is 1. The largest absolute Gasteiger partial charge is 0.272 e. The van der Waals surface area contributed by atoms with Crippen LogP contribution in [0.4, 0.5) is 5.69 Å². The van der Waals surface area contributed by atoms with Gasteiger partial charge in [-0.3, -0.25) is 24.5 Å². The van der Waals surface area contributed by atoms with Crippen LogP contribution in [0.1, 0.15) is 12.5 Å². The lowest BCUT2D eigenvalue weighted by Gasteiger charge is -2.10. The minimum Gasteiger partial charge on any atom is -0.272 e. The van der Waals surface area contributed by atoms with Crippen LogP contribution in [0, 0.1) is 10.1 Å². The van der Waals surface area contributed by atoms with Crippen LogP contribution in [0.3, 0.4) is 0 Å². The van der Waals surface area contributed by atoms with Gasteiger partial charge in [0.2, 0.25) is 0 Å². The average molecular weight is 552 g/mol. The Bertz CT molecular complexity index is 1390. The first kappa shape index (κ1) is 24.2. The van der Waals surface area contributed by atoms with Crippen LogP contribution < -0.4 is 5.43 Å². The number of aromatic nitrogens is 4. The zero-order chi connectivity index (χ0) is 24.8. The maximum absolute atomic E-state index is 12.5. The highest BCUT2D eigenvalue weighted by Gasteiger charge is 2.17. The van der Waals surface area contributed by atoms with E-state index in [0.717, 1.165) is 15.7 Å². The van der Waals surface area contributed by atoms with Crippen molar-refractivity contribution in [2.45, 2.75) is 12.1 Å². The van der Waals surface area contributed by atoms with Crippen LogP contribution in [0.15, 0.2) is 87.8 Å². The van der Waals surface area contributed by atoms with Crippen LogP contribution >= 0.6 is 27.7 Å². The molecule has 176 valence electrons. The summed E-state index contributed by atoms with van der Waals surface area (Å²) in [6.07, 6.45) is 3.38. The number of nitro groups is 1. The van der Waals surface area contributed by atoms with Gasteiger partial charge in [-0.15, -0.1) is 10.2 Å². The first-order valence-corrected chi connectivity index (χ1v) is 12.0. The summed E-state index contributed by atoms with van der Waals surface area (Å²) in [7, 11) is 0. The lowest BCUT2D eigenvalue weighted by atomic mass is 10.1. The number of carbonyl (C=O) groups is 1. The van der Waals surface area contributed by atoms with Crippen LogP contribution in [-0.4, -0.2) is 42.0 Å². The lowest BCUT2D eigenvalue weighted by molar-refractivity contribution is -0.384. The van der Waals surface area contributed by atoms with Gasteiger partial charge in [0, 0.05) is 45.8 Å². The SMILES string of the molecule is CC(=NNC(=O)CSc1nnc(-c2cccnc2)n1-c1ccc(Br)cc1)c1cccc([N+](=O)[O-])c1. The maximum atomic E-state index is 12.5. The number of hydrogen-bond donors (Lipinski definition) is 1. The fourth-order valence-electron chi connectivity index (χ4n) is 3.09. The Morgan fingerprint density at radius 1 is 1.17 bits per heavy atom. The summed E-state index contributed by atoms with van der Waals surface area (Å²) in [5, 5.41) is 24.2. The van der Waals surface area contributed by atoms with Gasteiger partial charge >= 0.3 is 0 Å². The van der Waals surface area contributed by atoms with E-state index in [-0.39, 0.29) is 17.3 Å². The molecule has 0 aliphatic carbocycles. The van der Waals surface area contributed by atoms with Crippen LogP contribution in [0.5, 0.6) is 0 Å². The van der Waals surface area contributed by atoms with Gasteiger partial charge in [0.15, 0.2) is 11.0 Å². The van der Waals surface area contributed by atoms with E-state index in [1.165, 1.54) is 23.9 Å². The molecule has 0 saturated carbocycles. The molecule has 35 heavy (non-hydrogen) atoms. The number of nitro benzene ring substituents is 1. The predicted molar refractivity (Wildman–Crippen MR) is 136 cm³/mol. The zero-order valence-corrected chi connectivity index (χ0v) is 20.7. The maximum Gasteiger partial charge on any atom is 0.270 e. The monoisotopic (exact) mass is 551 g/mol. The highest BCUT2D eigenvalue weighted by molar-refractivity contribution is 9.10. The van der Waals surface area contributed by atoms with Crippen LogP contribution in [0.2, 0.25) is 0 Å². The molecule has 0 spiro atoms. The van der Waals surface area contributed by atoms with E-state index in [0.29, 0.717) is 22.3 Å². The second kappa shape index (κ2) is 11.0. The number of hydrazone groups is 1. The summed E-state index contributed by atoms with van der Waals surface area (Å²) in [5.41, 5.74) is 5.06. The van der Waals surface area contributed by atoms with Gasteiger partial charge in [-0.05, 0) is 43.3 Å². The van der Waals surface area contributed by atoms with Crippen molar-refractivity contribution in [1.29, 1.82) is 0 Å². The number of benzene rings is 2. The molecular weight excluding hydrogens is 534 g/mol. The fourth-order valence-corrected chi connectivity index (χ4v) is 4.09. The number of pyridine rings is 1. The molecule has 1 amide bonds. The van der Waals surface area contributed by atoms with E-state index >= 15 is 0 Å². The van der Waals surface area contributed by atoms with Gasteiger partial charge in [0.05, 0.1) is 16.4 Å². The number of carbonyl (C=O) groups excluding carboxylic acids is 1. The Labute approximate surface area is 212 Å². The Morgan fingerprint density at radius 2 is 1.97 bits per heavy atom. The molecule has 2 aromatic carbocycles. The Balaban J connectivity index is 1.50. The van der Waals surface area contributed by atoms with E-state index in [2.05, 4.69) is 41.6 Å². The van der Waals surface area contributed by atoms with E-state index in [9.17, 15) is 14.9 Å². The van der Waals surface area contributed by atoms with E-state index in [4.69, 9.17) is 0 Å². The van der Waals surface area contributed by atoms with Gasteiger partial charge in [-0.2, -0.15) is 5.10 Å². The third-order valence-electron chi connectivity index (χ3n) is 4.79. The Morgan fingerprint density at radius 3 is 2.69 bits per heavy atom. The number of rotatable bonds is 8. The molecule has 12 heteroatoms. The third kappa shape index (κ3) is 5.97. The molecule has 0 unspecified atom stereocenters. The molecule has 0 aliphatic rings. The summed E-state index contributed by atoms with van der Waals surface area (Å²) in [5.74, 6) is 0.281. The molecule has 0 bridgehead atoms. The number of non-ortho nitro benzene ring substituents is 1. The predicted octanol–water partition coefficient (Wildman–Crippen LogP) is 4.63. The summed E-state index contributed by atoms with van der Waals surface area (Å²) in [6, 6.07) is 17.4. The summed E-state index contributed by atoms with van der Waals surface area (Å²) >= 11 is 4.65. The first-order chi connectivity index (χ1) is 16.9. The van der Waals surface area contributed by atoms with Gasteiger partial charge < -0.3 is 0 Å². The van der Waals surface area contributed by atoms with Crippen molar-refractivity contribution in [2.75, 3.05) is 5.75 Å². The van der Waals surface area contributed by atoms with Crippen molar-refractivity contribution in [3.8, 4) is 17.1 Å². The minimum absolute atomic E-state index is 0.0351. The molecule has 10 nitrogen and oxygen atoms in total. The average Bonchev–Trinajstić information content (AvgIpc) is 3.31. The molecular formula is C23H18BrN7O3S. The fraction of sp³-hybridized carbons (Fsp3) is 0.0870. The van der Waals surface area contributed by atoms with Gasteiger partial charge in [-0.1, -0.05) is 39.8 Å². The second-order valence-corrected chi connectivity index (χ2v) is 9.05. The van der Waals surface area contributed by atoms with Crippen LogP contribution in [-0.2, 0) is 4.79 Å². The molecule has 0 fully saturated rings. The van der Waals surface area contributed by atoms with Crippen molar-refractivity contribution >= 4 is 45.0 Å². The van der Waals surface area contributed by atoms with Gasteiger partial charge in [0.1, 0.15) is 0 Å². The molecule has 0 saturated heterocycles. The first-order valence-electron chi connectivity index (χ1n) is 10.2. The number of thioether (sulfide) groups is 1. The molecule has 2 aromatic heterocycles. The van der Waals surface area contributed by atoms with Gasteiger partial charge in [0.25, 0.3) is 11.6 Å². The van der Waals surface area contributed by atoms with Crippen molar-refractivity contribution in [3.05, 3.63) is 93.2 Å². The molecule has 0 atom stereocenters. The minimum atomic E-state index is -0.479. The van der Waals surface area contributed by atoms with E-state index in [1.807, 2.05) is 41.0 Å². The molecule has 0 aliphatic heterocycles. The number of halogens is 1. The van der Waals surface area contributed by atoms with Gasteiger partial charge in [-0.25, -0.2) is 5.43 Å². The summed E-state index contributed by atoms with van der Waals surface area (Å²) in [6.45, 7) is 1.66. The smallest absolute Gasteiger partial charge is 0.270 e. The third-order valence-corrected chi connectivity index (χ3v) is 6.25. The highest BCUT2D eigenvalue weighted by Crippen LogP contribution is 2.28. The summed E-state index contributed by atoms with van der Waals surface area (Å²) < 4.78 is 2.79. The van der Waals surface area contributed by atoms with Crippen molar-refractivity contribution in [3.63, 3.8) is 0 Å². The Hall–Kier alpha value is -3.90. The molecule has 2 heterocycles. The van der Waals surface area contributed by atoms with Crippen molar-refractivity contribution in [1.82, 2.24) is 25.2 Å². The standard InChI is InChI=1S/C23H18BrN7O3S/c1-15(16-4-2-6-20(12-16)31(33)34)26-27-21(32)14-35-23-29-28-22(17-5-3-11-25-13-17)30(23)19-9-7-18(24)8-10-19/h2-13H,14H2,1H3,(H,27,32). The number of nitrogens with zero attached hydrogens (tertiary/aromatic N) is 6. The highest BCUT2D eigenvalue weighted by atomic mass is 79.9. The molecule has 4 aromatic rings. The molecule has 1 N–H and O–H groups in total. The molecule has 4 rings (SSSR count). The van der Waals surface area contributed by atoms with Crippen LogP contribution in [0.25, 0.3) is 17.1 Å². The lowest BCUT2D eigenvalue weighted by Crippen LogP contribution is -2.21. The van der Waals surface area contributed by atoms with E-state index in [1.54, 1.807) is 31.5 Å². The van der Waals surface area contributed by atoms with E-state index < -0.39 is 4.92 Å². The number of hydrogen-bond acceptors (Lipinski definition) is 8. The zero-order valence-electron chi connectivity index (χ0n) is 18.3. The Kier molecular flexibility index (Phi) is 7.63. The normalized spacial score (nSPS) is 11.3. The van der Waals surface area contributed by atoms with Crippen molar-refractivity contribution in [2.24, 2.45) is 5.10 Å². The number of amides is 1. The molecule has 0 radical (unpaired) electrons. The summed E-state index contributed by atoms with van der Waals surface area (Å²) in [4.78, 5) is 27.1. The second-order valence-electron chi connectivity index (χ2n) is 7.19.